The number of nitrogens with zero attached hydrogens (tertiary/aromatic N) is 5. The monoisotopic (exact) mass is 380 g/mol. The maximum absolute atomic E-state index is 12.5. The van der Waals surface area contributed by atoms with Crippen LogP contribution in [0.3, 0.4) is 0 Å². The summed E-state index contributed by atoms with van der Waals surface area (Å²) in [5, 5.41) is 7.77. The van der Waals surface area contributed by atoms with Gasteiger partial charge in [0.1, 0.15) is 6.33 Å². The molecule has 0 aliphatic heterocycles. The molecule has 0 aliphatic carbocycles. The molecule has 0 aliphatic rings. The fraction of sp³-hybridized carbons (Fsp3) is 0.316. The highest BCUT2D eigenvalue weighted by Gasteiger charge is 2.14. The summed E-state index contributed by atoms with van der Waals surface area (Å²) in [4.78, 5) is 25.6. The first kappa shape index (κ1) is 17.5. The maximum Gasteiger partial charge on any atom is 0.252 e. The lowest BCUT2D eigenvalue weighted by Crippen LogP contribution is -2.14. The molecule has 1 aromatic carbocycles. The molecular formula is C19H20N6OS. The summed E-state index contributed by atoms with van der Waals surface area (Å²) in [6.07, 6.45) is 2.44. The number of rotatable bonds is 4. The number of hydrogen-bond acceptors (Lipinski definition) is 6. The number of carbonyl (C=O) groups excluding carboxylic acids is 1. The zero-order chi connectivity index (χ0) is 19.1. The van der Waals surface area contributed by atoms with Crippen molar-refractivity contribution < 1.29 is 4.79 Å². The van der Waals surface area contributed by atoms with Crippen molar-refractivity contribution in [3.8, 4) is 0 Å². The van der Waals surface area contributed by atoms with E-state index < -0.39 is 0 Å². The molecule has 0 fully saturated rings. The van der Waals surface area contributed by atoms with Crippen LogP contribution in [0.4, 0.5) is 5.13 Å². The van der Waals surface area contributed by atoms with E-state index in [0.717, 1.165) is 32.7 Å². The van der Waals surface area contributed by atoms with E-state index in [2.05, 4.69) is 44.4 Å². The van der Waals surface area contributed by atoms with Crippen molar-refractivity contribution in [2.24, 2.45) is 0 Å². The fourth-order valence-electron chi connectivity index (χ4n) is 3.25. The first-order chi connectivity index (χ1) is 12.9. The van der Waals surface area contributed by atoms with Crippen LogP contribution in [0, 0.1) is 27.7 Å². The Bertz CT molecular complexity index is 1140. The number of hydrogen-bond donors (Lipinski definition) is 1. The molecule has 1 amide bonds. The molecular weight excluding hydrogens is 360 g/mol. The molecule has 0 spiro atoms. The molecule has 3 aromatic heterocycles. The third-order valence-electron chi connectivity index (χ3n) is 4.78. The second-order valence-electron chi connectivity index (χ2n) is 6.68. The van der Waals surface area contributed by atoms with Gasteiger partial charge < -0.3 is 5.32 Å². The molecule has 3 heterocycles. The van der Waals surface area contributed by atoms with Gasteiger partial charge in [-0.25, -0.2) is 14.5 Å². The van der Waals surface area contributed by atoms with Gasteiger partial charge in [-0.1, -0.05) is 23.5 Å². The number of aromatic nitrogens is 5. The SMILES string of the molecule is Cc1nc2ncnn2c(C)c1CCC(=O)Nc1nc2c(C)ccc(C)c2s1. The third-order valence-corrected chi connectivity index (χ3v) is 5.89. The maximum atomic E-state index is 12.5. The predicted molar refractivity (Wildman–Crippen MR) is 106 cm³/mol. The number of carbonyl (C=O) groups is 1. The number of fused-ring (bicyclic) bond motifs is 2. The normalized spacial score (nSPS) is 11.4. The highest BCUT2D eigenvalue weighted by molar-refractivity contribution is 7.22. The Balaban J connectivity index is 1.51. The number of amides is 1. The minimum atomic E-state index is -0.0538. The van der Waals surface area contributed by atoms with Crippen LogP contribution in [0.2, 0.25) is 0 Å². The van der Waals surface area contributed by atoms with Gasteiger partial charge >= 0.3 is 0 Å². The van der Waals surface area contributed by atoms with E-state index in [1.165, 1.54) is 23.2 Å². The number of nitrogens with one attached hydrogen (secondary N) is 1. The average molecular weight is 380 g/mol. The number of anilines is 1. The fourth-order valence-corrected chi connectivity index (χ4v) is 4.28. The Morgan fingerprint density at radius 1 is 1.15 bits per heavy atom. The van der Waals surface area contributed by atoms with Crippen LogP contribution in [0.5, 0.6) is 0 Å². The van der Waals surface area contributed by atoms with Crippen LogP contribution in [-0.2, 0) is 11.2 Å². The van der Waals surface area contributed by atoms with Crippen molar-refractivity contribution >= 4 is 38.4 Å². The van der Waals surface area contributed by atoms with Crippen molar-refractivity contribution in [3.63, 3.8) is 0 Å². The minimum absolute atomic E-state index is 0.0538. The van der Waals surface area contributed by atoms with Gasteiger partial charge in [0.05, 0.1) is 10.2 Å². The molecule has 7 nitrogen and oxygen atoms in total. The summed E-state index contributed by atoms with van der Waals surface area (Å²) in [7, 11) is 0. The van der Waals surface area contributed by atoms with Crippen molar-refractivity contribution in [2.75, 3.05) is 5.32 Å². The first-order valence-corrected chi connectivity index (χ1v) is 9.58. The van der Waals surface area contributed by atoms with Gasteiger partial charge in [-0.05, 0) is 50.8 Å². The summed E-state index contributed by atoms with van der Waals surface area (Å²) in [6.45, 7) is 8.01. The zero-order valence-corrected chi connectivity index (χ0v) is 16.5. The number of thiazole rings is 1. The van der Waals surface area contributed by atoms with E-state index in [1.807, 2.05) is 20.8 Å². The molecule has 0 unspecified atom stereocenters. The highest BCUT2D eigenvalue weighted by Crippen LogP contribution is 2.31. The van der Waals surface area contributed by atoms with E-state index in [-0.39, 0.29) is 5.91 Å². The summed E-state index contributed by atoms with van der Waals surface area (Å²) in [6, 6.07) is 4.14. The standard InChI is InChI=1S/C19H20N6OS/c1-10-5-6-11(2)17-16(10)24-19(27-17)23-15(26)8-7-14-12(3)22-18-20-9-21-25(18)13(14)4/h5-6,9H,7-8H2,1-4H3,(H,23,24,26). The quantitative estimate of drug-likeness (QED) is 0.585. The summed E-state index contributed by atoms with van der Waals surface area (Å²) in [5.41, 5.74) is 6.13. The third kappa shape index (κ3) is 3.16. The smallest absolute Gasteiger partial charge is 0.252 e. The summed E-state index contributed by atoms with van der Waals surface area (Å²) >= 11 is 1.52. The molecule has 4 aromatic rings. The molecule has 0 atom stereocenters. The van der Waals surface area contributed by atoms with Crippen LogP contribution in [0.1, 0.15) is 34.5 Å². The van der Waals surface area contributed by atoms with Crippen LogP contribution in [0.25, 0.3) is 16.0 Å². The van der Waals surface area contributed by atoms with E-state index in [4.69, 9.17) is 0 Å². The Kier molecular flexibility index (Phi) is 4.35. The average Bonchev–Trinajstić information content (AvgIpc) is 3.25. The first-order valence-electron chi connectivity index (χ1n) is 8.76. The number of aryl methyl sites for hydroxylation is 4. The van der Waals surface area contributed by atoms with Crippen molar-refractivity contribution in [2.45, 2.75) is 40.5 Å². The van der Waals surface area contributed by atoms with Crippen molar-refractivity contribution in [1.82, 2.24) is 24.6 Å². The molecule has 0 saturated heterocycles. The second kappa shape index (κ2) is 6.70. The molecule has 8 heteroatoms. The zero-order valence-electron chi connectivity index (χ0n) is 15.7. The molecule has 1 N–H and O–H groups in total. The van der Waals surface area contributed by atoms with Crippen molar-refractivity contribution in [1.29, 1.82) is 0 Å². The lowest BCUT2D eigenvalue weighted by Gasteiger charge is -2.10. The molecule has 138 valence electrons. The van der Waals surface area contributed by atoms with Gasteiger partial charge in [-0.3, -0.25) is 4.79 Å². The summed E-state index contributed by atoms with van der Waals surface area (Å²) in [5.74, 6) is 0.528. The van der Waals surface area contributed by atoms with E-state index in [0.29, 0.717) is 23.8 Å². The Morgan fingerprint density at radius 3 is 2.70 bits per heavy atom. The van der Waals surface area contributed by atoms with E-state index >= 15 is 0 Å². The topological polar surface area (TPSA) is 85.1 Å². The predicted octanol–water partition coefficient (Wildman–Crippen LogP) is 3.54. The Morgan fingerprint density at radius 2 is 1.93 bits per heavy atom. The molecule has 0 saturated carbocycles. The minimum Gasteiger partial charge on any atom is -0.302 e. The number of benzene rings is 1. The van der Waals surface area contributed by atoms with E-state index in [9.17, 15) is 4.79 Å². The second-order valence-corrected chi connectivity index (χ2v) is 7.68. The molecule has 27 heavy (non-hydrogen) atoms. The van der Waals surface area contributed by atoms with Crippen LogP contribution in [-0.4, -0.2) is 30.5 Å². The van der Waals surface area contributed by atoms with Gasteiger partial charge in [0.25, 0.3) is 5.78 Å². The van der Waals surface area contributed by atoms with Crippen LogP contribution >= 0.6 is 11.3 Å². The van der Waals surface area contributed by atoms with Gasteiger partial charge in [-0.15, -0.1) is 0 Å². The molecule has 0 bridgehead atoms. The summed E-state index contributed by atoms with van der Waals surface area (Å²) < 4.78 is 2.83. The van der Waals surface area contributed by atoms with Gasteiger partial charge in [0.15, 0.2) is 5.13 Å². The Hall–Kier alpha value is -2.87. The van der Waals surface area contributed by atoms with Crippen LogP contribution in [0.15, 0.2) is 18.5 Å². The molecule has 0 radical (unpaired) electrons. The Labute approximate surface area is 160 Å². The van der Waals surface area contributed by atoms with E-state index in [1.54, 1.807) is 4.52 Å². The largest absolute Gasteiger partial charge is 0.302 e. The highest BCUT2D eigenvalue weighted by atomic mass is 32.1. The lowest BCUT2D eigenvalue weighted by molar-refractivity contribution is -0.116. The van der Waals surface area contributed by atoms with Gasteiger partial charge in [0, 0.05) is 17.8 Å². The lowest BCUT2D eigenvalue weighted by atomic mass is 10.1. The van der Waals surface area contributed by atoms with Crippen LogP contribution < -0.4 is 5.32 Å². The van der Waals surface area contributed by atoms with Crippen molar-refractivity contribution in [3.05, 3.63) is 46.5 Å². The van der Waals surface area contributed by atoms with Gasteiger partial charge in [0.2, 0.25) is 5.91 Å². The van der Waals surface area contributed by atoms with Gasteiger partial charge in [-0.2, -0.15) is 10.1 Å². The molecule has 4 rings (SSSR count).